The zero-order valence-electron chi connectivity index (χ0n) is 11.4. The van der Waals surface area contributed by atoms with Crippen LogP contribution in [0.15, 0.2) is 53.4 Å². The topological polar surface area (TPSA) is 44.2 Å². The molecule has 0 unspecified atom stereocenters. The second-order valence-corrected chi connectivity index (χ2v) is 5.24. The van der Waals surface area contributed by atoms with Crippen molar-refractivity contribution in [3.8, 4) is 11.6 Å². The normalized spacial score (nSPS) is 10.6. The monoisotopic (exact) mass is 344 g/mol. The molecule has 0 saturated heterocycles. The molecule has 3 aromatic rings. The minimum atomic E-state index is 0.420. The minimum absolute atomic E-state index is 0.420. The van der Waals surface area contributed by atoms with Crippen molar-refractivity contribution in [1.29, 1.82) is 0 Å². The van der Waals surface area contributed by atoms with Crippen LogP contribution in [0.1, 0.15) is 5.56 Å². The van der Waals surface area contributed by atoms with Crippen molar-refractivity contribution in [2.45, 2.75) is 6.61 Å². The van der Waals surface area contributed by atoms with E-state index in [4.69, 9.17) is 9.47 Å². The van der Waals surface area contributed by atoms with Gasteiger partial charge in [0.05, 0.1) is 17.0 Å². The molecule has 0 aliphatic rings. The van der Waals surface area contributed by atoms with Crippen molar-refractivity contribution >= 4 is 26.7 Å². The summed E-state index contributed by atoms with van der Waals surface area (Å²) in [7, 11) is 1.64. The smallest absolute Gasteiger partial charge is 0.222 e. The Kier molecular flexibility index (Phi) is 4.01. The third-order valence-electron chi connectivity index (χ3n) is 3.12. The third-order valence-corrected chi connectivity index (χ3v) is 3.90. The van der Waals surface area contributed by atoms with E-state index in [0.717, 1.165) is 26.6 Å². The van der Waals surface area contributed by atoms with Gasteiger partial charge in [0.1, 0.15) is 12.4 Å². The Hall–Kier alpha value is -2.14. The molecular weight excluding hydrogens is 332 g/mol. The predicted molar refractivity (Wildman–Crippen MR) is 84.6 cm³/mol. The Bertz CT molecular complexity index is 763. The summed E-state index contributed by atoms with van der Waals surface area (Å²) < 4.78 is 12.0. The first-order valence-corrected chi connectivity index (χ1v) is 7.22. The molecule has 0 atom stereocenters. The quantitative estimate of drug-likeness (QED) is 0.718. The van der Waals surface area contributed by atoms with Crippen molar-refractivity contribution in [3.05, 3.63) is 59.0 Å². The summed E-state index contributed by atoms with van der Waals surface area (Å²) in [5.74, 6) is 1.32. The number of ether oxygens (including phenoxy) is 2. The van der Waals surface area contributed by atoms with Crippen LogP contribution >= 0.6 is 15.9 Å². The Balaban J connectivity index is 1.98. The number of hydrogen-bond acceptors (Lipinski definition) is 4. The first-order chi connectivity index (χ1) is 10.3. The molecule has 0 amide bonds. The number of nitrogens with zero attached hydrogens (tertiary/aromatic N) is 2. The Labute approximate surface area is 130 Å². The predicted octanol–water partition coefficient (Wildman–Crippen LogP) is 3.98. The molecule has 1 aromatic carbocycles. The number of halogens is 1. The van der Waals surface area contributed by atoms with Crippen LogP contribution in [0.3, 0.4) is 0 Å². The summed E-state index contributed by atoms with van der Waals surface area (Å²) in [5.41, 5.74) is 0.996. The van der Waals surface area contributed by atoms with Crippen molar-refractivity contribution < 1.29 is 9.47 Å². The van der Waals surface area contributed by atoms with E-state index < -0.39 is 0 Å². The lowest BCUT2D eigenvalue weighted by Crippen LogP contribution is -1.99. The van der Waals surface area contributed by atoms with Gasteiger partial charge >= 0.3 is 0 Å². The standard InChI is InChI=1S/C16H13BrN2O2/c1-20-13-5-4-12-6-8-19-16(14(12)15(13)17)21-10-11-3-2-7-18-9-11/h2-9H,10H2,1H3. The second kappa shape index (κ2) is 6.10. The molecule has 21 heavy (non-hydrogen) atoms. The van der Waals surface area contributed by atoms with Gasteiger partial charge in [-0.15, -0.1) is 0 Å². The van der Waals surface area contributed by atoms with Crippen LogP contribution in [0.2, 0.25) is 0 Å². The molecule has 0 spiro atoms. The number of rotatable bonds is 4. The maximum atomic E-state index is 5.85. The van der Waals surface area contributed by atoms with Gasteiger partial charge in [-0.25, -0.2) is 4.98 Å². The summed E-state index contributed by atoms with van der Waals surface area (Å²) >= 11 is 3.56. The van der Waals surface area contributed by atoms with E-state index in [1.54, 1.807) is 25.7 Å². The average Bonchev–Trinajstić information content (AvgIpc) is 2.54. The van der Waals surface area contributed by atoms with Crippen LogP contribution < -0.4 is 9.47 Å². The van der Waals surface area contributed by atoms with E-state index in [2.05, 4.69) is 25.9 Å². The number of pyridine rings is 2. The zero-order valence-corrected chi connectivity index (χ0v) is 13.0. The fourth-order valence-corrected chi connectivity index (χ4v) is 2.77. The molecule has 2 heterocycles. The van der Waals surface area contributed by atoms with E-state index >= 15 is 0 Å². The molecule has 0 aliphatic heterocycles. The van der Waals surface area contributed by atoms with Crippen LogP contribution in [-0.2, 0) is 6.61 Å². The van der Waals surface area contributed by atoms with Crippen molar-refractivity contribution in [2.24, 2.45) is 0 Å². The van der Waals surface area contributed by atoms with Crippen LogP contribution in [0, 0.1) is 0 Å². The Morgan fingerprint density at radius 3 is 2.81 bits per heavy atom. The summed E-state index contributed by atoms with van der Waals surface area (Å²) in [4.78, 5) is 8.40. The van der Waals surface area contributed by atoms with Gasteiger partial charge in [0.15, 0.2) is 0 Å². The summed E-state index contributed by atoms with van der Waals surface area (Å²) in [5, 5.41) is 1.94. The Morgan fingerprint density at radius 1 is 1.14 bits per heavy atom. The highest BCUT2D eigenvalue weighted by atomic mass is 79.9. The molecule has 0 N–H and O–H groups in total. The highest BCUT2D eigenvalue weighted by Crippen LogP contribution is 2.37. The number of aromatic nitrogens is 2. The van der Waals surface area contributed by atoms with Crippen LogP contribution in [0.4, 0.5) is 0 Å². The lowest BCUT2D eigenvalue weighted by molar-refractivity contribution is 0.297. The molecule has 4 nitrogen and oxygen atoms in total. The molecule has 5 heteroatoms. The molecule has 0 fully saturated rings. The molecule has 0 aliphatic carbocycles. The highest BCUT2D eigenvalue weighted by molar-refractivity contribution is 9.10. The van der Waals surface area contributed by atoms with Gasteiger partial charge in [-0.2, -0.15) is 0 Å². The third kappa shape index (κ3) is 2.83. The van der Waals surface area contributed by atoms with E-state index in [9.17, 15) is 0 Å². The zero-order chi connectivity index (χ0) is 14.7. The molecule has 0 bridgehead atoms. The Morgan fingerprint density at radius 2 is 2.05 bits per heavy atom. The number of hydrogen-bond donors (Lipinski definition) is 0. The van der Waals surface area contributed by atoms with Gasteiger partial charge < -0.3 is 9.47 Å². The first kappa shape index (κ1) is 13.8. The number of methoxy groups -OCH3 is 1. The van der Waals surface area contributed by atoms with Gasteiger partial charge in [-0.1, -0.05) is 12.1 Å². The average molecular weight is 345 g/mol. The van der Waals surface area contributed by atoms with E-state index in [-0.39, 0.29) is 0 Å². The lowest BCUT2D eigenvalue weighted by atomic mass is 10.1. The molecule has 0 saturated carbocycles. The SMILES string of the molecule is COc1ccc2ccnc(OCc3cccnc3)c2c1Br. The van der Waals surface area contributed by atoms with Gasteiger partial charge in [-0.3, -0.25) is 4.98 Å². The minimum Gasteiger partial charge on any atom is -0.496 e. The summed E-state index contributed by atoms with van der Waals surface area (Å²) in [6.07, 6.45) is 5.25. The molecular formula is C16H13BrN2O2. The maximum absolute atomic E-state index is 5.85. The molecule has 2 aromatic heterocycles. The van der Waals surface area contributed by atoms with Gasteiger partial charge in [-0.05, 0) is 39.5 Å². The van der Waals surface area contributed by atoms with Crippen LogP contribution in [0.5, 0.6) is 11.6 Å². The fourth-order valence-electron chi connectivity index (χ4n) is 2.08. The second-order valence-electron chi connectivity index (χ2n) is 4.45. The number of fused-ring (bicyclic) bond motifs is 1. The lowest BCUT2D eigenvalue weighted by Gasteiger charge is -2.11. The largest absolute Gasteiger partial charge is 0.496 e. The van der Waals surface area contributed by atoms with Gasteiger partial charge in [0.25, 0.3) is 0 Å². The van der Waals surface area contributed by atoms with Crippen LogP contribution in [0.25, 0.3) is 10.8 Å². The fraction of sp³-hybridized carbons (Fsp3) is 0.125. The molecule has 106 valence electrons. The van der Waals surface area contributed by atoms with Crippen molar-refractivity contribution in [1.82, 2.24) is 9.97 Å². The first-order valence-electron chi connectivity index (χ1n) is 6.42. The van der Waals surface area contributed by atoms with Crippen molar-refractivity contribution in [2.75, 3.05) is 7.11 Å². The summed E-state index contributed by atoms with van der Waals surface area (Å²) in [6.45, 7) is 0.420. The van der Waals surface area contributed by atoms with Crippen molar-refractivity contribution in [3.63, 3.8) is 0 Å². The highest BCUT2D eigenvalue weighted by Gasteiger charge is 2.12. The van der Waals surface area contributed by atoms with Crippen LogP contribution in [-0.4, -0.2) is 17.1 Å². The summed E-state index contributed by atoms with van der Waals surface area (Å²) in [6, 6.07) is 9.69. The van der Waals surface area contributed by atoms with Gasteiger partial charge in [0, 0.05) is 24.2 Å². The van der Waals surface area contributed by atoms with E-state index in [0.29, 0.717) is 12.5 Å². The van der Waals surface area contributed by atoms with E-state index in [1.807, 2.05) is 30.3 Å². The number of benzene rings is 1. The van der Waals surface area contributed by atoms with E-state index in [1.165, 1.54) is 0 Å². The molecule has 0 radical (unpaired) electrons. The molecule has 3 rings (SSSR count). The van der Waals surface area contributed by atoms with Gasteiger partial charge in [0.2, 0.25) is 5.88 Å². The maximum Gasteiger partial charge on any atom is 0.222 e.